The zero-order chi connectivity index (χ0) is 15.6. The molecule has 5 heteroatoms. The lowest BCUT2D eigenvalue weighted by Crippen LogP contribution is -2.10. The summed E-state index contributed by atoms with van der Waals surface area (Å²) in [5, 5.41) is 0. The lowest BCUT2D eigenvalue weighted by molar-refractivity contribution is 0.100. The normalized spacial score (nSPS) is 12.0. The van der Waals surface area contributed by atoms with Gasteiger partial charge in [0.15, 0.2) is 0 Å². The second kappa shape index (κ2) is 5.93. The van der Waals surface area contributed by atoms with Gasteiger partial charge in [-0.25, -0.2) is 4.39 Å². The highest BCUT2D eigenvalue weighted by atomic mass is 19.1. The van der Waals surface area contributed by atoms with Crippen molar-refractivity contribution in [3.05, 3.63) is 58.9 Å². The van der Waals surface area contributed by atoms with Gasteiger partial charge < -0.3 is 16.2 Å². The lowest BCUT2D eigenvalue weighted by Gasteiger charge is -2.15. The predicted molar refractivity (Wildman–Crippen MR) is 78.8 cm³/mol. The minimum absolute atomic E-state index is 0.321. The Kier molecular flexibility index (Phi) is 4.23. The molecule has 0 aromatic heterocycles. The lowest BCUT2D eigenvalue weighted by atomic mass is 10.0. The molecule has 0 aliphatic carbocycles. The van der Waals surface area contributed by atoms with Gasteiger partial charge >= 0.3 is 0 Å². The standard InChI is InChI=1S/C16H17FN2O2/c1-9-7-15(13(10(2)18)8-14(9)17)21-12-5-3-11(4-6-12)16(19)20/h3-8,10H,18H2,1-2H3,(H2,19,20)/t10-/m0/s1. The number of hydrogen-bond donors (Lipinski definition) is 2. The number of carbonyl (C=O) groups is 1. The summed E-state index contributed by atoms with van der Waals surface area (Å²) in [4.78, 5) is 11.0. The highest BCUT2D eigenvalue weighted by Gasteiger charge is 2.13. The summed E-state index contributed by atoms with van der Waals surface area (Å²) in [5.74, 6) is 0.192. The summed E-state index contributed by atoms with van der Waals surface area (Å²) in [6.07, 6.45) is 0. The molecule has 0 saturated carbocycles. The van der Waals surface area contributed by atoms with Crippen molar-refractivity contribution in [3.8, 4) is 11.5 Å². The molecule has 0 bridgehead atoms. The average molecular weight is 288 g/mol. The predicted octanol–water partition coefficient (Wildman–Crippen LogP) is 3.05. The zero-order valence-electron chi connectivity index (χ0n) is 11.9. The van der Waals surface area contributed by atoms with E-state index in [1.807, 2.05) is 0 Å². The summed E-state index contributed by atoms with van der Waals surface area (Å²) in [6.45, 7) is 3.41. The number of aryl methyl sites for hydroxylation is 1. The van der Waals surface area contributed by atoms with Crippen molar-refractivity contribution in [1.82, 2.24) is 0 Å². The first-order chi connectivity index (χ1) is 9.88. The van der Waals surface area contributed by atoms with E-state index in [4.69, 9.17) is 16.2 Å². The first kappa shape index (κ1) is 15.0. The van der Waals surface area contributed by atoms with E-state index in [2.05, 4.69) is 0 Å². The van der Waals surface area contributed by atoms with E-state index < -0.39 is 5.91 Å². The van der Waals surface area contributed by atoms with Gasteiger partial charge in [0.05, 0.1) is 0 Å². The molecule has 0 spiro atoms. The fourth-order valence-electron chi connectivity index (χ4n) is 1.93. The first-order valence-electron chi connectivity index (χ1n) is 6.52. The third kappa shape index (κ3) is 3.38. The molecule has 2 aromatic rings. The summed E-state index contributed by atoms with van der Waals surface area (Å²) in [7, 11) is 0. The topological polar surface area (TPSA) is 78.3 Å². The Morgan fingerprint density at radius 1 is 1.24 bits per heavy atom. The molecule has 0 unspecified atom stereocenters. The largest absolute Gasteiger partial charge is 0.457 e. The quantitative estimate of drug-likeness (QED) is 0.907. The number of carbonyl (C=O) groups excluding carboxylic acids is 1. The number of amides is 1. The molecule has 4 N–H and O–H groups in total. The Labute approximate surface area is 122 Å². The Balaban J connectivity index is 2.34. The van der Waals surface area contributed by atoms with Gasteiger partial charge in [-0.15, -0.1) is 0 Å². The second-order valence-corrected chi connectivity index (χ2v) is 4.92. The maximum absolute atomic E-state index is 13.6. The number of ether oxygens (including phenoxy) is 1. The van der Waals surface area contributed by atoms with E-state index in [1.54, 1.807) is 44.2 Å². The van der Waals surface area contributed by atoms with Gasteiger partial charge in [0.2, 0.25) is 5.91 Å². The molecular formula is C16H17FN2O2. The Bertz CT molecular complexity index is 667. The van der Waals surface area contributed by atoms with Crippen LogP contribution in [-0.2, 0) is 0 Å². The fourth-order valence-corrected chi connectivity index (χ4v) is 1.93. The van der Waals surface area contributed by atoms with Gasteiger partial charge in [0.25, 0.3) is 0 Å². The summed E-state index contributed by atoms with van der Waals surface area (Å²) in [5.41, 5.74) is 12.5. The molecule has 0 radical (unpaired) electrons. The van der Waals surface area contributed by atoms with Crippen LogP contribution in [0, 0.1) is 12.7 Å². The molecule has 110 valence electrons. The van der Waals surface area contributed by atoms with Crippen LogP contribution in [0.25, 0.3) is 0 Å². The number of primary amides is 1. The molecule has 4 nitrogen and oxygen atoms in total. The van der Waals surface area contributed by atoms with E-state index in [0.717, 1.165) is 0 Å². The fraction of sp³-hybridized carbons (Fsp3) is 0.188. The number of nitrogens with two attached hydrogens (primary N) is 2. The number of halogens is 1. The smallest absolute Gasteiger partial charge is 0.248 e. The van der Waals surface area contributed by atoms with Gasteiger partial charge in [-0.3, -0.25) is 4.79 Å². The number of hydrogen-bond acceptors (Lipinski definition) is 3. The summed E-state index contributed by atoms with van der Waals surface area (Å²) >= 11 is 0. The third-order valence-corrected chi connectivity index (χ3v) is 3.15. The van der Waals surface area contributed by atoms with E-state index in [-0.39, 0.29) is 11.9 Å². The minimum atomic E-state index is -0.504. The van der Waals surface area contributed by atoms with Crippen molar-refractivity contribution >= 4 is 5.91 Å². The maximum atomic E-state index is 13.6. The molecular weight excluding hydrogens is 271 g/mol. The Hall–Kier alpha value is -2.40. The molecule has 1 amide bonds. The SMILES string of the molecule is Cc1cc(Oc2ccc(C(N)=O)cc2)c([C@H](C)N)cc1F. The van der Waals surface area contributed by atoms with Crippen LogP contribution in [0.4, 0.5) is 4.39 Å². The number of benzene rings is 2. The van der Waals surface area contributed by atoms with Gasteiger partial charge in [-0.1, -0.05) is 0 Å². The van der Waals surface area contributed by atoms with E-state index in [9.17, 15) is 9.18 Å². The molecule has 0 aliphatic heterocycles. The van der Waals surface area contributed by atoms with Gasteiger partial charge in [-0.05, 0) is 55.8 Å². The van der Waals surface area contributed by atoms with Crippen LogP contribution >= 0.6 is 0 Å². The van der Waals surface area contributed by atoms with Crippen LogP contribution in [0.3, 0.4) is 0 Å². The van der Waals surface area contributed by atoms with Crippen molar-refractivity contribution in [2.45, 2.75) is 19.9 Å². The highest BCUT2D eigenvalue weighted by Crippen LogP contribution is 2.31. The molecule has 2 aromatic carbocycles. The molecule has 21 heavy (non-hydrogen) atoms. The van der Waals surface area contributed by atoms with Crippen LogP contribution in [0.2, 0.25) is 0 Å². The van der Waals surface area contributed by atoms with Crippen molar-refractivity contribution in [2.24, 2.45) is 11.5 Å². The van der Waals surface area contributed by atoms with Crippen LogP contribution < -0.4 is 16.2 Å². The average Bonchev–Trinajstić information content (AvgIpc) is 2.43. The van der Waals surface area contributed by atoms with Crippen molar-refractivity contribution in [1.29, 1.82) is 0 Å². The van der Waals surface area contributed by atoms with E-state index in [0.29, 0.717) is 28.2 Å². The van der Waals surface area contributed by atoms with Crippen LogP contribution in [0.5, 0.6) is 11.5 Å². The monoisotopic (exact) mass is 288 g/mol. The van der Waals surface area contributed by atoms with E-state index in [1.165, 1.54) is 6.07 Å². The van der Waals surface area contributed by atoms with Crippen molar-refractivity contribution in [3.63, 3.8) is 0 Å². The van der Waals surface area contributed by atoms with E-state index >= 15 is 0 Å². The summed E-state index contributed by atoms with van der Waals surface area (Å²) in [6, 6.07) is 9.02. The van der Waals surface area contributed by atoms with Gasteiger partial charge in [-0.2, -0.15) is 0 Å². The zero-order valence-corrected chi connectivity index (χ0v) is 11.9. The molecule has 1 atom stereocenters. The van der Waals surface area contributed by atoms with Crippen LogP contribution in [0.15, 0.2) is 36.4 Å². The minimum Gasteiger partial charge on any atom is -0.457 e. The van der Waals surface area contributed by atoms with Gasteiger partial charge in [0, 0.05) is 17.2 Å². The third-order valence-electron chi connectivity index (χ3n) is 3.15. The molecule has 0 aliphatic rings. The first-order valence-corrected chi connectivity index (χ1v) is 6.52. The van der Waals surface area contributed by atoms with Gasteiger partial charge in [0.1, 0.15) is 17.3 Å². The van der Waals surface area contributed by atoms with Crippen molar-refractivity contribution < 1.29 is 13.9 Å². The molecule has 0 fully saturated rings. The molecule has 0 heterocycles. The Morgan fingerprint density at radius 2 is 1.86 bits per heavy atom. The molecule has 0 saturated heterocycles. The Morgan fingerprint density at radius 3 is 2.38 bits per heavy atom. The maximum Gasteiger partial charge on any atom is 0.248 e. The van der Waals surface area contributed by atoms with Crippen molar-refractivity contribution in [2.75, 3.05) is 0 Å². The highest BCUT2D eigenvalue weighted by molar-refractivity contribution is 5.92. The summed E-state index contributed by atoms with van der Waals surface area (Å²) < 4.78 is 19.4. The second-order valence-electron chi connectivity index (χ2n) is 4.92. The van der Waals surface area contributed by atoms with Crippen LogP contribution in [-0.4, -0.2) is 5.91 Å². The van der Waals surface area contributed by atoms with Crippen LogP contribution in [0.1, 0.15) is 34.5 Å². The number of rotatable bonds is 4. The molecule has 2 rings (SSSR count).